The Morgan fingerprint density at radius 3 is 2.44 bits per heavy atom. The van der Waals surface area contributed by atoms with Crippen LogP contribution in [0, 0.1) is 0 Å². The van der Waals surface area contributed by atoms with E-state index < -0.39 is 5.72 Å². The summed E-state index contributed by atoms with van der Waals surface area (Å²) in [5.74, 6) is 0.0158. The molecule has 5 rings (SSSR count). The van der Waals surface area contributed by atoms with Gasteiger partial charge < -0.3 is 25.1 Å². The molecule has 0 bridgehead atoms. The molecule has 4 aromatic rings. The van der Waals surface area contributed by atoms with E-state index in [1.165, 1.54) is 13.5 Å². The maximum atomic E-state index is 14.1. The number of hydrogen-bond acceptors (Lipinski definition) is 5. The SMILES string of the molecule is COc1ccc(CC(=O)N[C@@](Cc2c[nH]c3ccccc23)(OC)C(=O)NCC2(c3ccccn3)CCCCC2)cc1. The highest BCUT2D eigenvalue weighted by Gasteiger charge is 2.43. The lowest BCUT2D eigenvalue weighted by molar-refractivity contribution is -0.154. The number of carbonyl (C=O) groups is 2. The van der Waals surface area contributed by atoms with Gasteiger partial charge in [0.25, 0.3) is 5.91 Å². The van der Waals surface area contributed by atoms with Crippen molar-refractivity contribution in [3.8, 4) is 5.75 Å². The van der Waals surface area contributed by atoms with Gasteiger partial charge in [0.2, 0.25) is 11.6 Å². The number of methoxy groups -OCH3 is 2. The number of ether oxygens (including phenoxy) is 2. The number of nitrogens with one attached hydrogen (secondary N) is 3. The molecule has 214 valence electrons. The van der Waals surface area contributed by atoms with Crippen molar-refractivity contribution in [2.24, 2.45) is 0 Å². The van der Waals surface area contributed by atoms with Gasteiger partial charge in [-0.05, 0) is 54.3 Å². The average Bonchev–Trinajstić information content (AvgIpc) is 3.43. The molecule has 2 aromatic carbocycles. The van der Waals surface area contributed by atoms with Crippen LogP contribution in [-0.2, 0) is 32.6 Å². The van der Waals surface area contributed by atoms with E-state index in [2.05, 4.69) is 20.6 Å². The fourth-order valence-corrected chi connectivity index (χ4v) is 5.96. The van der Waals surface area contributed by atoms with E-state index >= 15 is 0 Å². The van der Waals surface area contributed by atoms with Crippen molar-refractivity contribution in [1.29, 1.82) is 0 Å². The minimum Gasteiger partial charge on any atom is -0.497 e. The number of amides is 2. The first-order chi connectivity index (χ1) is 20.0. The fraction of sp³-hybridized carbons (Fsp3) is 0.364. The van der Waals surface area contributed by atoms with E-state index in [-0.39, 0.29) is 30.1 Å². The summed E-state index contributed by atoms with van der Waals surface area (Å²) < 4.78 is 11.2. The summed E-state index contributed by atoms with van der Waals surface area (Å²) in [6.45, 7) is 0.413. The molecule has 2 amide bonds. The predicted molar refractivity (Wildman–Crippen MR) is 159 cm³/mol. The van der Waals surface area contributed by atoms with E-state index in [1.54, 1.807) is 7.11 Å². The number of aromatic amines is 1. The number of benzene rings is 2. The summed E-state index contributed by atoms with van der Waals surface area (Å²) in [7, 11) is 3.07. The van der Waals surface area contributed by atoms with Crippen LogP contribution < -0.4 is 15.4 Å². The minimum absolute atomic E-state index is 0.0914. The molecule has 8 heteroatoms. The number of rotatable bonds is 11. The second kappa shape index (κ2) is 12.6. The molecule has 2 heterocycles. The van der Waals surface area contributed by atoms with Gasteiger partial charge in [0.15, 0.2) is 0 Å². The highest BCUT2D eigenvalue weighted by atomic mass is 16.5. The molecule has 1 aliphatic carbocycles. The molecule has 1 aliphatic rings. The van der Waals surface area contributed by atoms with Crippen LogP contribution >= 0.6 is 0 Å². The molecule has 1 saturated carbocycles. The van der Waals surface area contributed by atoms with Crippen molar-refractivity contribution in [2.45, 2.75) is 56.1 Å². The topological polar surface area (TPSA) is 105 Å². The Kier molecular flexibility index (Phi) is 8.69. The van der Waals surface area contributed by atoms with E-state index in [1.807, 2.05) is 79.1 Å². The number of H-pyrrole nitrogens is 1. The Hall–Kier alpha value is -4.17. The quantitative estimate of drug-likeness (QED) is 0.230. The lowest BCUT2D eigenvalue weighted by atomic mass is 9.71. The second-order valence-electron chi connectivity index (χ2n) is 10.9. The van der Waals surface area contributed by atoms with E-state index in [0.717, 1.165) is 53.4 Å². The van der Waals surface area contributed by atoms with Crippen LogP contribution in [0.2, 0.25) is 0 Å². The maximum absolute atomic E-state index is 14.1. The van der Waals surface area contributed by atoms with Crippen molar-refractivity contribution in [1.82, 2.24) is 20.6 Å². The van der Waals surface area contributed by atoms with Crippen LogP contribution in [0.1, 0.15) is 48.9 Å². The molecule has 8 nitrogen and oxygen atoms in total. The Balaban J connectivity index is 1.42. The van der Waals surface area contributed by atoms with Gasteiger partial charge in [0, 0.05) is 54.5 Å². The van der Waals surface area contributed by atoms with Gasteiger partial charge >= 0.3 is 0 Å². The maximum Gasteiger partial charge on any atom is 0.273 e. The molecule has 0 aliphatic heterocycles. The number of aromatic nitrogens is 2. The van der Waals surface area contributed by atoms with Gasteiger partial charge in [-0.1, -0.05) is 55.7 Å². The molecule has 1 atom stereocenters. The molecular weight excluding hydrogens is 516 g/mol. The molecule has 1 fully saturated rings. The Bertz CT molecular complexity index is 1460. The predicted octanol–water partition coefficient (Wildman–Crippen LogP) is 4.83. The molecule has 0 spiro atoms. The van der Waals surface area contributed by atoms with E-state index in [0.29, 0.717) is 12.3 Å². The van der Waals surface area contributed by atoms with Crippen LogP contribution in [0.5, 0.6) is 5.75 Å². The van der Waals surface area contributed by atoms with Gasteiger partial charge in [-0.3, -0.25) is 14.6 Å². The first-order valence-electron chi connectivity index (χ1n) is 14.2. The van der Waals surface area contributed by atoms with Gasteiger partial charge in [-0.15, -0.1) is 0 Å². The zero-order valence-corrected chi connectivity index (χ0v) is 23.7. The summed E-state index contributed by atoms with van der Waals surface area (Å²) in [5, 5.41) is 7.12. The normalized spacial score (nSPS) is 16.0. The van der Waals surface area contributed by atoms with Crippen molar-refractivity contribution >= 4 is 22.7 Å². The van der Waals surface area contributed by atoms with Crippen molar-refractivity contribution in [2.75, 3.05) is 20.8 Å². The lowest BCUT2D eigenvalue weighted by Crippen LogP contribution is -2.63. The van der Waals surface area contributed by atoms with E-state index in [4.69, 9.17) is 9.47 Å². The van der Waals surface area contributed by atoms with Crippen molar-refractivity contribution in [3.63, 3.8) is 0 Å². The zero-order valence-electron chi connectivity index (χ0n) is 23.7. The fourth-order valence-electron chi connectivity index (χ4n) is 5.96. The summed E-state index contributed by atoms with van der Waals surface area (Å²) in [6, 6.07) is 21.1. The Morgan fingerprint density at radius 2 is 1.73 bits per heavy atom. The lowest BCUT2D eigenvalue weighted by Gasteiger charge is -2.39. The molecular formula is C33H38N4O4. The monoisotopic (exact) mass is 554 g/mol. The molecule has 0 radical (unpaired) electrons. The highest BCUT2D eigenvalue weighted by molar-refractivity contribution is 5.92. The molecule has 0 saturated heterocycles. The minimum atomic E-state index is -1.62. The number of para-hydroxylation sites is 1. The number of carbonyl (C=O) groups excluding carboxylic acids is 2. The summed E-state index contributed by atoms with van der Waals surface area (Å²) in [5.41, 5.74) is 1.74. The smallest absolute Gasteiger partial charge is 0.273 e. The van der Waals surface area contributed by atoms with E-state index in [9.17, 15) is 9.59 Å². The first-order valence-corrected chi connectivity index (χ1v) is 14.2. The molecule has 2 aromatic heterocycles. The average molecular weight is 555 g/mol. The van der Waals surface area contributed by atoms with Gasteiger partial charge in [0.1, 0.15) is 5.75 Å². The molecule has 0 unspecified atom stereocenters. The van der Waals surface area contributed by atoms with Crippen LogP contribution in [0.25, 0.3) is 10.9 Å². The van der Waals surface area contributed by atoms with Gasteiger partial charge in [-0.25, -0.2) is 0 Å². The number of pyridine rings is 1. The second-order valence-corrected chi connectivity index (χ2v) is 10.9. The zero-order chi connectivity index (χ0) is 28.7. The number of fused-ring (bicyclic) bond motifs is 1. The Morgan fingerprint density at radius 1 is 0.976 bits per heavy atom. The number of hydrogen-bond donors (Lipinski definition) is 3. The number of nitrogens with zero attached hydrogens (tertiary/aromatic N) is 1. The Labute approximate surface area is 240 Å². The first kappa shape index (κ1) is 28.4. The summed E-state index contributed by atoms with van der Waals surface area (Å²) in [6.07, 6.45) is 9.14. The highest BCUT2D eigenvalue weighted by Crippen LogP contribution is 2.38. The van der Waals surface area contributed by atoms with Crippen LogP contribution in [0.3, 0.4) is 0 Å². The third kappa shape index (κ3) is 6.28. The summed E-state index contributed by atoms with van der Waals surface area (Å²) in [4.78, 5) is 35.5. The van der Waals surface area contributed by atoms with Gasteiger partial charge in [-0.2, -0.15) is 0 Å². The van der Waals surface area contributed by atoms with Crippen molar-refractivity contribution in [3.05, 3.63) is 95.9 Å². The summed E-state index contributed by atoms with van der Waals surface area (Å²) >= 11 is 0. The molecule has 41 heavy (non-hydrogen) atoms. The van der Waals surface area contributed by atoms with Crippen molar-refractivity contribution < 1.29 is 19.1 Å². The van der Waals surface area contributed by atoms with Crippen LogP contribution in [0.15, 0.2) is 79.1 Å². The third-order valence-electron chi connectivity index (χ3n) is 8.30. The van der Waals surface area contributed by atoms with Crippen LogP contribution in [-0.4, -0.2) is 48.3 Å². The molecule has 3 N–H and O–H groups in total. The van der Waals surface area contributed by atoms with Crippen LogP contribution in [0.4, 0.5) is 0 Å². The standard InChI is InChI=1S/C33H38N4O4/c1-40-26-15-13-24(14-16-26)20-30(38)37-33(41-2,21-25-22-35-28-11-5-4-10-27(25)28)31(39)36-23-32(17-7-3-8-18-32)29-12-6-9-19-34-29/h4-6,9-16,19,22,35H,3,7-8,17-18,20-21,23H2,1-2H3,(H,36,39)(H,37,38)/t33-/m0/s1. The third-order valence-corrected chi connectivity index (χ3v) is 8.30. The van der Waals surface area contributed by atoms with Gasteiger partial charge in [0.05, 0.1) is 13.5 Å². The largest absolute Gasteiger partial charge is 0.497 e.